The minimum Gasteiger partial charge on any atom is -0.493 e. The lowest BCUT2D eigenvalue weighted by Crippen LogP contribution is -2.30. The van der Waals surface area contributed by atoms with Gasteiger partial charge in [0.05, 0.1) is 20.8 Å². The zero-order valence-corrected chi connectivity index (χ0v) is 19.3. The molecular weight excluding hydrogens is 410 g/mol. The fourth-order valence-electron chi connectivity index (χ4n) is 3.07. The average Bonchev–Trinajstić information content (AvgIpc) is 2.80. The second kappa shape index (κ2) is 12.7. The second-order valence-electron chi connectivity index (χ2n) is 6.93. The highest BCUT2D eigenvalue weighted by Crippen LogP contribution is 2.32. The number of rotatable bonds is 12. The predicted molar refractivity (Wildman–Crippen MR) is 127 cm³/mol. The zero-order valence-electron chi connectivity index (χ0n) is 18.5. The standard InChI is InChI=1S/C25H31NO4S/c1-5-7-13-22(21-14-15-23(29-3)24(16-21)30-4)18-26(25(27)19-31(28)6-2)17-20-11-9-8-10-12-20/h5,8-12,14-16,18H,1,6-7,13,17,19H2,2-4H3/b22-18+. The van der Waals surface area contributed by atoms with Crippen molar-refractivity contribution < 1.29 is 18.5 Å². The van der Waals surface area contributed by atoms with E-state index < -0.39 is 10.8 Å². The first kappa shape index (κ1) is 24.4. The molecule has 0 aliphatic heterocycles. The number of nitrogens with zero attached hydrogens (tertiary/aromatic N) is 1. The molecule has 0 saturated heterocycles. The molecule has 31 heavy (non-hydrogen) atoms. The lowest BCUT2D eigenvalue weighted by atomic mass is 10.0. The molecular formula is C25H31NO4S. The average molecular weight is 442 g/mol. The Morgan fingerprint density at radius 1 is 1.10 bits per heavy atom. The van der Waals surface area contributed by atoms with Crippen molar-refractivity contribution >= 4 is 22.3 Å². The Kier molecular flexibility index (Phi) is 10.0. The van der Waals surface area contributed by atoms with Gasteiger partial charge in [0.1, 0.15) is 5.75 Å². The van der Waals surface area contributed by atoms with Crippen LogP contribution in [0.15, 0.2) is 67.4 Å². The summed E-state index contributed by atoms with van der Waals surface area (Å²) in [4.78, 5) is 14.7. The van der Waals surface area contributed by atoms with E-state index in [1.54, 1.807) is 19.1 Å². The van der Waals surface area contributed by atoms with Gasteiger partial charge in [-0.25, -0.2) is 0 Å². The number of ether oxygens (including phenoxy) is 2. The molecule has 6 heteroatoms. The summed E-state index contributed by atoms with van der Waals surface area (Å²) in [5.74, 6) is 1.55. The third-order valence-corrected chi connectivity index (χ3v) is 6.02. The number of hydrogen-bond acceptors (Lipinski definition) is 4. The van der Waals surface area contributed by atoms with Gasteiger partial charge in [-0.3, -0.25) is 9.00 Å². The SMILES string of the molecule is C=CCC/C(=C\N(Cc1ccccc1)C(=O)CS(=O)CC)c1ccc(OC)c(OC)c1. The first-order valence-corrected chi connectivity index (χ1v) is 11.7. The van der Waals surface area contributed by atoms with Gasteiger partial charge in [0.15, 0.2) is 11.5 Å². The molecule has 1 unspecified atom stereocenters. The molecule has 2 rings (SSSR count). The lowest BCUT2D eigenvalue weighted by molar-refractivity contribution is -0.126. The summed E-state index contributed by atoms with van der Waals surface area (Å²) in [6, 6.07) is 15.5. The van der Waals surface area contributed by atoms with Crippen LogP contribution in [0.5, 0.6) is 11.5 Å². The zero-order chi connectivity index (χ0) is 22.6. The largest absolute Gasteiger partial charge is 0.493 e. The smallest absolute Gasteiger partial charge is 0.239 e. The molecule has 0 heterocycles. The molecule has 166 valence electrons. The molecule has 0 aliphatic carbocycles. The van der Waals surface area contributed by atoms with Crippen LogP contribution < -0.4 is 9.47 Å². The Hall–Kier alpha value is -2.86. The molecule has 0 saturated carbocycles. The maximum Gasteiger partial charge on any atom is 0.239 e. The van der Waals surface area contributed by atoms with Crippen molar-refractivity contribution in [3.05, 3.63) is 78.5 Å². The molecule has 5 nitrogen and oxygen atoms in total. The van der Waals surface area contributed by atoms with Crippen LogP contribution in [0.25, 0.3) is 5.57 Å². The first-order chi connectivity index (χ1) is 15.0. The number of amides is 1. The number of carbonyl (C=O) groups is 1. The van der Waals surface area contributed by atoms with E-state index in [2.05, 4.69) is 6.58 Å². The minimum absolute atomic E-state index is 0.000502. The molecule has 2 aromatic carbocycles. The van der Waals surface area contributed by atoms with Crippen LogP contribution in [0, 0.1) is 0 Å². The molecule has 1 atom stereocenters. The summed E-state index contributed by atoms with van der Waals surface area (Å²) in [5, 5.41) is 0. The van der Waals surface area contributed by atoms with Crippen LogP contribution >= 0.6 is 0 Å². The molecule has 0 radical (unpaired) electrons. The molecule has 0 spiro atoms. The molecule has 1 amide bonds. The number of hydrogen-bond donors (Lipinski definition) is 0. The van der Waals surface area contributed by atoms with Gasteiger partial charge in [0.2, 0.25) is 5.91 Å². The Balaban J connectivity index is 2.46. The summed E-state index contributed by atoms with van der Waals surface area (Å²) in [7, 11) is 2.01. The van der Waals surface area contributed by atoms with Gasteiger partial charge in [-0.1, -0.05) is 49.4 Å². The Labute approximate surface area is 187 Å². The van der Waals surface area contributed by atoms with E-state index in [1.165, 1.54) is 0 Å². The van der Waals surface area contributed by atoms with Crippen molar-refractivity contribution in [2.75, 3.05) is 25.7 Å². The number of carbonyl (C=O) groups excluding carboxylic acids is 1. The monoisotopic (exact) mass is 441 g/mol. The van der Waals surface area contributed by atoms with E-state index in [1.807, 2.05) is 67.7 Å². The summed E-state index contributed by atoms with van der Waals surface area (Å²) in [5.41, 5.74) is 2.90. The van der Waals surface area contributed by atoms with Crippen molar-refractivity contribution in [1.29, 1.82) is 0 Å². The van der Waals surface area contributed by atoms with E-state index in [9.17, 15) is 9.00 Å². The van der Waals surface area contributed by atoms with Crippen molar-refractivity contribution in [1.82, 2.24) is 4.90 Å². The highest BCUT2D eigenvalue weighted by molar-refractivity contribution is 7.85. The van der Waals surface area contributed by atoms with E-state index in [0.29, 0.717) is 30.2 Å². The van der Waals surface area contributed by atoms with Crippen LogP contribution in [0.3, 0.4) is 0 Å². The van der Waals surface area contributed by atoms with Gasteiger partial charge in [0, 0.05) is 22.8 Å². The van der Waals surface area contributed by atoms with Gasteiger partial charge in [0.25, 0.3) is 0 Å². The van der Waals surface area contributed by atoms with Gasteiger partial charge in [-0.2, -0.15) is 0 Å². The highest BCUT2D eigenvalue weighted by Gasteiger charge is 2.17. The number of methoxy groups -OCH3 is 2. The fraction of sp³-hybridized carbons (Fsp3) is 0.320. The van der Waals surface area contributed by atoms with E-state index in [0.717, 1.165) is 23.1 Å². The Morgan fingerprint density at radius 2 is 1.81 bits per heavy atom. The van der Waals surface area contributed by atoms with Crippen LogP contribution in [-0.4, -0.2) is 40.7 Å². The summed E-state index contributed by atoms with van der Waals surface area (Å²) in [6.07, 6.45) is 5.18. The quantitative estimate of drug-likeness (QED) is 0.444. The van der Waals surface area contributed by atoms with Crippen LogP contribution in [0.4, 0.5) is 0 Å². The van der Waals surface area contributed by atoms with Crippen LogP contribution in [0.1, 0.15) is 30.9 Å². The molecule has 0 bridgehead atoms. The van der Waals surface area contributed by atoms with Gasteiger partial charge < -0.3 is 14.4 Å². The molecule has 0 fully saturated rings. The van der Waals surface area contributed by atoms with Crippen LogP contribution in [-0.2, 0) is 22.1 Å². The van der Waals surface area contributed by atoms with Crippen molar-refractivity contribution in [2.24, 2.45) is 0 Å². The summed E-state index contributed by atoms with van der Waals surface area (Å²) >= 11 is 0. The highest BCUT2D eigenvalue weighted by atomic mass is 32.2. The summed E-state index contributed by atoms with van der Waals surface area (Å²) < 4.78 is 22.9. The fourth-order valence-corrected chi connectivity index (χ4v) is 3.72. The van der Waals surface area contributed by atoms with Gasteiger partial charge in [-0.05, 0) is 41.7 Å². The van der Waals surface area contributed by atoms with E-state index in [4.69, 9.17) is 9.47 Å². The minimum atomic E-state index is -1.18. The maximum absolute atomic E-state index is 13.0. The number of allylic oxidation sites excluding steroid dienone is 2. The van der Waals surface area contributed by atoms with E-state index in [-0.39, 0.29) is 11.7 Å². The van der Waals surface area contributed by atoms with Crippen LogP contribution in [0.2, 0.25) is 0 Å². The Morgan fingerprint density at radius 3 is 2.42 bits per heavy atom. The third-order valence-electron chi connectivity index (χ3n) is 4.81. The second-order valence-corrected chi connectivity index (χ2v) is 8.68. The normalized spacial score (nSPS) is 12.2. The Bertz CT molecular complexity index is 924. The van der Waals surface area contributed by atoms with Gasteiger partial charge >= 0.3 is 0 Å². The van der Waals surface area contributed by atoms with Crippen molar-refractivity contribution in [2.45, 2.75) is 26.3 Å². The lowest BCUT2D eigenvalue weighted by Gasteiger charge is -2.21. The predicted octanol–water partition coefficient (Wildman–Crippen LogP) is 4.81. The first-order valence-electron chi connectivity index (χ1n) is 10.2. The molecule has 0 aromatic heterocycles. The third kappa shape index (κ3) is 7.40. The maximum atomic E-state index is 13.0. The molecule has 0 aliphatic rings. The topological polar surface area (TPSA) is 55.8 Å². The summed E-state index contributed by atoms with van der Waals surface area (Å²) in [6.45, 7) is 6.05. The number of benzene rings is 2. The van der Waals surface area contributed by atoms with Crippen molar-refractivity contribution in [3.63, 3.8) is 0 Å². The molecule has 2 aromatic rings. The van der Waals surface area contributed by atoms with Crippen molar-refractivity contribution in [3.8, 4) is 11.5 Å². The van der Waals surface area contributed by atoms with E-state index >= 15 is 0 Å². The van der Waals surface area contributed by atoms with Gasteiger partial charge in [-0.15, -0.1) is 6.58 Å². The molecule has 0 N–H and O–H groups in total.